The molecular formula is C20H21N7. The molecule has 1 saturated heterocycles. The molecule has 5 rings (SSSR count). The van der Waals surface area contributed by atoms with E-state index >= 15 is 0 Å². The molecule has 136 valence electrons. The van der Waals surface area contributed by atoms with Crippen molar-refractivity contribution in [2.75, 3.05) is 25.0 Å². The van der Waals surface area contributed by atoms with E-state index in [0.717, 1.165) is 64.9 Å². The standard InChI is InChI=1S/C20H21N7/c1-27(16-6-8-21-9-7-16)20-22-12-15-10-13(2-4-17(15)23-20)14-3-5-18-19(11-14)25-26-24-18/h2-5,10-12,16,21H,6-9H2,1H3,(H,24,25,26). The van der Waals surface area contributed by atoms with Crippen LogP contribution >= 0.6 is 0 Å². The Morgan fingerprint density at radius 3 is 2.52 bits per heavy atom. The van der Waals surface area contributed by atoms with Gasteiger partial charge in [-0.15, -0.1) is 0 Å². The van der Waals surface area contributed by atoms with Gasteiger partial charge in [0.25, 0.3) is 0 Å². The van der Waals surface area contributed by atoms with E-state index in [-0.39, 0.29) is 0 Å². The number of piperidine rings is 1. The van der Waals surface area contributed by atoms with E-state index in [4.69, 9.17) is 4.98 Å². The Morgan fingerprint density at radius 2 is 1.67 bits per heavy atom. The summed E-state index contributed by atoms with van der Waals surface area (Å²) in [5, 5.41) is 15.4. The van der Waals surface area contributed by atoms with Gasteiger partial charge in [-0.2, -0.15) is 15.4 Å². The van der Waals surface area contributed by atoms with Crippen LogP contribution < -0.4 is 10.2 Å². The Balaban J connectivity index is 1.47. The van der Waals surface area contributed by atoms with Crippen LogP contribution in [0, 0.1) is 0 Å². The Labute approximate surface area is 156 Å². The van der Waals surface area contributed by atoms with Crippen LogP contribution in [0.25, 0.3) is 33.1 Å². The number of hydrogen-bond acceptors (Lipinski definition) is 6. The highest BCUT2D eigenvalue weighted by molar-refractivity contribution is 5.87. The maximum absolute atomic E-state index is 4.79. The van der Waals surface area contributed by atoms with Crippen molar-refractivity contribution < 1.29 is 0 Å². The van der Waals surface area contributed by atoms with Gasteiger partial charge < -0.3 is 10.2 Å². The second-order valence-electron chi connectivity index (χ2n) is 7.06. The summed E-state index contributed by atoms with van der Waals surface area (Å²) >= 11 is 0. The summed E-state index contributed by atoms with van der Waals surface area (Å²) in [5.41, 5.74) is 4.92. The van der Waals surface area contributed by atoms with Crippen LogP contribution in [-0.2, 0) is 0 Å². The first-order valence-corrected chi connectivity index (χ1v) is 9.29. The van der Waals surface area contributed by atoms with Gasteiger partial charge in [0.2, 0.25) is 5.95 Å². The molecule has 0 radical (unpaired) electrons. The molecule has 1 fully saturated rings. The molecule has 0 amide bonds. The molecule has 4 aromatic rings. The minimum Gasteiger partial charge on any atom is -0.341 e. The first-order chi connectivity index (χ1) is 13.3. The van der Waals surface area contributed by atoms with E-state index in [1.807, 2.05) is 18.3 Å². The lowest BCUT2D eigenvalue weighted by Crippen LogP contribution is -2.41. The molecule has 2 aromatic carbocycles. The van der Waals surface area contributed by atoms with Crippen molar-refractivity contribution in [3.8, 4) is 11.1 Å². The molecule has 3 heterocycles. The van der Waals surface area contributed by atoms with Crippen LogP contribution in [0.2, 0.25) is 0 Å². The highest BCUT2D eigenvalue weighted by atomic mass is 15.3. The normalized spacial score (nSPS) is 15.4. The number of benzene rings is 2. The van der Waals surface area contributed by atoms with Gasteiger partial charge in [0.05, 0.1) is 5.52 Å². The molecule has 0 unspecified atom stereocenters. The molecule has 27 heavy (non-hydrogen) atoms. The quantitative estimate of drug-likeness (QED) is 0.585. The van der Waals surface area contributed by atoms with Crippen LogP contribution in [-0.4, -0.2) is 51.6 Å². The SMILES string of the molecule is CN(c1ncc2cc(-c3ccc4n[nH]nc4c3)ccc2n1)C1CCNCC1. The Bertz CT molecular complexity index is 1100. The van der Waals surface area contributed by atoms with Crippen molar-refractivity contribution in [1.82, 2.24) is 30.7 Å². The molecular weight excluding hydrogens is 338 g/mol. The topological polar surface area (TPSA) is 82.6 Å². The lowest BCUT2D eigenvalue weighted by atomic mass is 10.0. The number of rotatable bonds is 3. The first kappa shape index (κ1) is 16.1. The van der Waals surface area contributed by atoms with Gasteiger partial charge in [-0.3, -0.25) is 0 Å². The van der Waals surface area contributed by atoms with E-state index in [2.05, 4.69) is 61.9 Å². The molecule has 0 atom stereocenters. The first-order valence-electron chi connectivity index (χ1n) is 9.29. The van der Waals surface area contributed by atoms with Crippen molar-refractivity contribution in [1.29, 1.82) is 0 Å². The summed E-state index contributed by atoms with van der Waals surface area (Å²) in [6, 6.07) is 12.9. The molecule has 1 aliphatic heterocycles. The molecule has 0 saturated carbocycles. The smallest absolute Gasteiger partial charge is 0.225 e. The van der Waals surface area contributed by atoms with E-state index in [9.17, 15) is 0 Å². The van der Waals surface area contributed by atoms with Gasteiger partial charge in [0.15, 0.2) is 0 Å². The number of anilines is 1. The Morgan fingerprint density at radius 1 is 0.926 bits per heavy atom. The van der Waals surface area contributed by atoms with Gasteiger partial charge >= 0.3 is 0 Å². The number of fused-ring (bicyclic) bond motifs is 2. The molecule has 7 nitrogen and oxygen atoms in total. The van der Waals surface area contributed by atoms with E-state index in [0.29, 0.717) is 6.04 Å². The van der Waals surface area contributed by atoms with Crippen LogP contribution in [0.3, 0.4) is 0 Å². The molecule has 0 spiro atoms. The van der Waals surface area contributed by atoms with Crippen LogP contribution in [0.4, 0.5) is 5.95 Å². The van der Waals surface area contributed by atoms with E-state index in [1.54, 1.807) is 0 Å². The highest BCUT2D eigenvalue weighted by Gasteiger charge is 2.20. The number of hydrogen-bond donors (Lipinski definition) is 2. The molecule has 7 heteroatoms. The van der Waals surface area contributed by atoms with Gasteiger partial charge in [0.1, 0.15) is 11.0 Å². The van der Waals surface area contributed by atoms with Gasteiger partial charge in [-0.05, 0) is 61.3 Å². The van der Waals surface area contributed by atoms with Crippen molar-refractivity contribution >= 4 is 27.9 Å². The predicted molar refractivity (Wildman–Crippen MR) is 107 cm³/mol. The number of nitrogens with zero attached hydrogens (tertiary/aromatic N) is 5. The minimum absolute atomic E-state index is 0.497. The number of nitrogens with one attached hydrogen (secondary N) is 2. The van der Waals surface area contributed by atoms with Crippen molar-refractivity contribution in [2.45, 2.75) is 18.9 Å². The summed E-state index contributed by atoms with van der Waals surface area (Å²) in [5.74, 6) is 0.797. The summed E-state index contributed by atoms with van der Waals surface area (Å²) in [6.45, 7) is 2.11. The average molecular weight is 359 g/mol. The molecule has 1 aliphatic rings. The van der Waals surface area contributed by atoms with Crippen LogP contribution in [0.5, 0.6) is 0 Å². The second-order valence-corrected chi connectivity index (χ2v) is 7.06. The zero-order chi connectivity index (χ0) is 18.2. The third kappa shape index (κ3) is 3.00. The molecule has 0 aliphatic carbocycles. The third-order valence-electron chi connectivity index (χ3n) is 5.39. The van der Waals surface area contributed by atoms with Gasteiger partial charge in [-0.1, -0.05) is 12.1 Å². The summed E-state index contributed by atoms with van der Waals surface area (Å²) in [7, 11) is 2.10. The zero-order valence-corrected chi connectivity index (χ0v) is 15.2. The third-order valence-corrected chi connectivity index (χ3v) is 5.39. The fourth-order valence-electron chi connectivity index (χ4n) is 3.75. The maximum atomic E-state index is 4.79. The van der Waals surface area contributed by atoms with E-state index in [1.165, 1.54) is 0 Å². The van der Waals surface area contributed by atoms with Gasteiger partial charge in [-0.25, -0.2) is 9.97 Å². The summed E-state index contributed by atoms with van der Waals surface area (Å²) in [6.07, 6.45) is 4.18. The number of aromatic nitrogens is 5. The Hall–Kier alpha value is -3.06. The largest absolute Gasteiger partial charge is 0.341 e. The monoisotopic (exact) mass is 359 g/mol. The van der Waals surface area contributed by atoms with Crippen LogP contribution in [0.15, 0.2) is 42.6 Å². The van der Waals surface area contributed by atoms with Crippen molar-refractivity contribution in [3.63, 3.8) is 0 Å². The zero-order valence-electron chi connectivity index (χ0n) is 15.2. The second kappa shape index (κ2) is 6.59. The van der Waals surface area contributed by atoms with Gasteiger partial charge in [0, 0.05) is 24.7 Å². The summed E-state index contributed by atoms with van der Waals surface area (Å²) in [4.78, 5) is 11.6. The highest BCUT2D eigenvalue weighted by Crippen LogP contribution is 2.26. The number of H-pyrrole nitrogens is 1. The molecule has 0 bridgehead atoms. The average Bonchev–Trinajstić information content (AvgIpc) is 3.21. The fraction of sp³-hybridized carbons (Fsp3) is 0.300. The van der Waals surface area contributed by atoms with Crippen molar-refractivity contribution in [3.05, 3.63) is 42.6 Å². The maximum Gasteiger partial charge on any atom is 0.225 e. The number of aromatic amines is 1. The molecule has 2 aromatic heterocycles. The van der Waals surface area contributed by atoms with Crippen molar-refractivity contribution in [2.24, 2.45) is 0 Å². The van der Waals surface area contributed by atoms with Crippen LogP contribution in [0.1, 0.15) is 12.8 Å². The Kier molecular flexibility index (Phi) is 3.94. The fourth-order valence-corrected chi connectivity index (χ4v) is 3.75. The summed E-state index contributed by atoms with van der Waals surface area (Å²) < 4.78 is 0. The van der Waals surface area contributed by atoms with E-state index < -0.39 is 0 Å². The molecule has 2 N–H and O–H groups in total. The lowest BCUT2D eigenvalue weighted by molar-refractivity contribution is 0.440. The lowest BCUT2D eigenvalue weighted by Gasteiger charge is -2.31. The predicted octanol–water partition coefficient (Wildman–Crippen LogP) is 2.76. The minimum atomic E-state index is 0.497.